The first-order valence-corrected chi connectivity index (χ1v) is 14.2. The van der Waals surface area contributed by atoms with E-state index in [0.29, 0.717) is 19.3 Å². The number of aliphatic hydroxyl groups excluding tert-OH is 5. The van der Waals surface area contributed by atoms with Crippen LogP contribution in [-0.4, -0.2) is 99.2 Å². The van der Waals surface area contributed by atoms with Gasteiger partial charge in [0.05, 0.1) is 13.2 Å². The van der Waals surface area contributed by atoms with Gasteiger partial charge in [-0.15, -0.1) is 0 Å². The monoisotopic (exact) mass is 552 g/mol. The molecule has 5 N–H and O–H groups in total. The van der Waals surface area contributed by atoms with Crippen molar-refractivity contribution in [2.24, 2.45) is 28.6 Å². The van der Waals surface area contributed by atoms with Crippen molar-refractivity contribution in [3.8, 4) is 0 Å². The van der Waals surface area contributed by atoms with E-state index < -0.39 is 67.0 Å². The Labute approximate surface area is 227 Å². The van der Waals surface area contributed by atoms with Gasteiger partial charge in [-0.25, -0.2) is 4.79 Å². The molecule has 13 atom stereocenters. The molecule has 1 spiro atoms. The smallest absolute Gasteiger partial charge is 0.331 e. The van der Waals surface area contributed by atoms with Crippen molar-refractivity contribution in [1.29, 1.82) is 0 Å². The summed E-state index contributed by atoms with van der Waals surface area (Å²) in [5.41, 5.74) is -1.03. The van der Waals surface area contributed by atoms with Gasteiger partial charge in [-0.1, -0.05) is 6.92 Å². The number of esters is 2. The number of rotatable bonds is 5. The van der Waals surface area contributed by atoms with E-state index in [9.17, 15) is 35.1 Å². The maximum absolute atomic E-state index is 12.6. The molecule has 0 aromatic rings. The van der Waals surface area contributed by atoms with E-state index in [-0.39, 0.29) is 35.2 Å². The second-order valence-electron chi connectivity index (χ2n) is 12.9. The van der Waals surface area contributed by atoms with Gasteiger partial charge in [-0.2, -0.15) is 0 Å². The van der Waals surface area contributed by atoms with Gasteiger partial charge in [0.25, 0.3) is 0 Å². The minimum atomic E-state index is -1.65. The van der Waals surface area contributed by atoms with Gasteiger partial charge in [0.15, 0.2) is 6.29 Å². The number of hydrogen-bond acceptors (Lipinski definition) is 11. The highest BCUT2D eigenvalue weighted by Crippen LogP contribution is 2.73. The van der Waals surface area contributed by atoms with E-state index in [1.54, 1.807) is 6.08 Å². The molecule has 2 aliphatic heterocycles. The normalized spacial score (nSPS) is 52.3. The summed E-state index contributed by atoms with van der Waals surface area (Å²) in [7, 11) is 0. The Hall–Kier alpha value is -1.60. The topological polar surface area (TPSA) is 172 Å². The Morgan fingerprint density at radius 1 is 1.08 bits per heavy atom. The third-order valence-corrected chi connectivity index (χ3v) is 11.2. The van der Waals surface area contributed by atoms with Gasteiger partial charge in [-0.3, -0.25) is 4.79 Å². The number of ether oxygens (including phenoxy) is 4. The minimum Gasteiger partial charge on any atom is -0.459 e. The molecule has 0 aromatic heterocycles. The van der Waals surface area contributed by atoms with Gasteiger partial charge in [-0.05, 0) is 73.7 Å². The molecule has 4 saturated carbocycles. The predicted octanol–water partition coefficient (Wildman–Crippen LogP) is -0.0561. The average Bonchev–Trinajstić information content (AvgIpc) is 3.37. The molecule has 0 amide bonds. The molecule has 6 aliphatic rings. The molecule has 11 heteroatoms. The third kappa shape index (κ3) is 3.80. The van der Waals surface area contributed by atoms with Crippen LogP contribution < -0.4 is 0 Å². The maximum atomic E-state index is 12.6. The number of aliphatic hydroxyl groups is 5. The van der Waals surface area contributed by atoms with Gasteiger partial charge in [0.2, 0.25) is 0 Å². The molecule has 5 fully saturated rings. The predicted molar refractivity (Wildman–Crippen MR) is 132 cm³/mol. The van der Waals surface area contributed by atoms with Crippen LogP contribution in [0, 0.1) is 28.6 Å². The summed E-state index contributed by atoms with van der Waals surface area (Å²) in [4.78, 5) is 24.7. The second-order valence-corrected chi connectivity index (χ2v) is 12.9. The van der Waals surface area contributed by atoms with Gasteiger partial charge >= 0.3 is 11.9 Å². The molecule has 2 bridgehead atoms. The average molecular weight is 553 g/mol. The first kappa shape index (κ1) is 27.6. The van der Waals surface area contributed by atoms with E-state index in [1.807, 2.05) is 0 Å². The van der Waals surface area contributed by atoms with Crippen LogP contribution >= 0.6 is 0 Å². The molecular weight excluding hydrogens is 512 g/mol. The first-order valence-electron chi connectivity index (χ1n) is 14.2. The molecule has 0 unspecified atom stereocenters. The number of fused-ring (bicyclic) bond motifs is 5. The highest BCUT2D eigenvalue weighted by Gasteiger charge is 2.74. The molecule has 1 saturated heterocycles. The zero-order chi connectivity index (χ0) is 27.9. The summed E-state index contributed by atoms with van der Waals surface area (Å²) in [5, 5.41) is 52.0. The molecule has 0 aromatic carbocycles. The Bertz CT molecular complexity index is 1040. The van der Waals surface area contributed by atoms with Gasteiger partial charge in [0, 0.05) is 18.4 Å². The lowest BCUT2D eigenvalue weighted by atomic mass is 9.44. The fourth-order valence-electron chi connectivity index (χ4n) is 9.68. The molecule has 39 heavy (non-hydrogen) atoms. The zero-order valence-corrected chi connectivity index (χ0v) is 22.4. The lowest BCUT2D eigenvalue weighted by molar-refractivity contribution is -0.345. The van der Waals surface area contributed by atoms with Gasteiger partial charge < -0.3 is 44.5 Å². The van der Waals surface area contributed by atoms with Crippen LogP contribution in [0.1, 0.15) is 58.8 Å². The maximum Gasteiger partial charge on any atom is 0.331 e. The first-order chi connectivity index (χ1) is 18.5. The van der Waals surface area contributed by atoms with Crippen molar-refractivity contribution in [3.63, 3.8) is 0 Å². The van der Waals surface area contributed by atoms with Crippen LogP contribution in [0.15, 0.2) is 11.6 Å². The summed E-state index contributed by atoms with van der Waals surface area (Å²) < 4.78 is 23.7. The number of hydrogen-bond donors (Lipinski definition) is 5. The molecular formula is C28H40O11. The van der Waals surface area contributed by atoms with E-state index in [1.165, 1.54) is 6.92 Å². The molecule has 0 radical (unpaired) electrons. The lowest BCUT2D eigenvalue weighted by Gasteiger charge is -2.61. The fraction of sp³-hybridized carbons (Fsp3) is 0.857. The van der Waals surface area contributed by atoms with E-state index in [0.717, 1.165) is 31.3 Å². The van der Waals surface area contributed by atoms with Gasteiger partial charge in [0.1, 0.15) is 42.2 Å². The molecule has 2 heterocycles. The van der Waals surface area contributed by atoms with Crippen LogP contribution in [0.4, 0.5) is 0 Å². The van der Waals surface area contributed by atoms with Crippen LogP contribution in [0.5, 0.6) is 0 Å². The largest absolute Gasteiger partial charge is 0.459 e. The van der Waals surface area contributed by atoms with Crippen molar-refractivity contribution in [3.05, 3.63) is 11.6 Å². The second kappa shape index (κ2) is 9.47. The standard InChI is InChI=1S/C28H40O11/c1-13(31)36-25-27-8-5-16-15-9-20(32)37-17(15)6-7-26(16,2)19(27)4-3-14(10-27)28(25,12-30)39-24-23(35)22(34)21(33)18(11-29)38-24/h9,14,16-19,21-25,29-30,33-35H,3-8,10-12H2,1-2H3/t14-,16-,17-,18-,19+,21-,22+,23-,24+,25-,26-,27-,28+/m1/s1. The highest BCUT2D eigenvalue weighted by atomic mass is 16.7. The van der Waals surface area contributed by atoms with Crippen molar-refractivity contribution in [1.82, 2.24) is 0 Å². The third-order valence-electron chi connectivity index (χ3n) is 11.2. The zero-order valence-electron chi connectivity index (χ0n) is 22.4. The SMILES string of the molecule is CC(=O)O[C@@H]1[C@@]23CC[C@@H]4C5=CC(=O)O[C@@H]5CC[C@@]4(C)[C@@H]2CC[C@H](C3)[C@]1(CO)O[C@@H]1O[C@H](CO)[C@@H](O)[C@H](O)[C@H]1O. The Balaban J connectivity index is 1.38. The molecule has 218 valence electrons. The Morgan fingerprint density at radius 2 is 1.85 bits per heavy atom. The van der Waals surface area contributed by atoms with Crippen molar-refractivity contribution in [2.45, 2.75) is 107 Å². The van der Waals surface area contributed by atoms with Crippen LogP contribution in [0.25, 0.3) is 0 Å². The van der Waals surface area contributed by atoms with Crippen LogP contribution in [0.3, 0.4) is 0 Å². The van der Waals surface area contributed by atoms with E-state index >= 15 is 0 Å². The molecule has 4 aliphatic carbocycles. The van der Waals surface area contributed by atoms with E-state index in [2.05, 4.69) is 6.92 Å². The fourth-order valence-corrected chi connectivity index (χ4v) is 9.68. The molecule has 6 rings (SSSR count). The van der Waals surface area contributed by atoms with Crippen LogP contribution in [-0.2, 0) is 28.5 Å². The highest BCUT2D eigenvalue weighted by molar-refractivity contribution is 5.86. The van der Waals surface area contributed by atoms with E-state index in [4.69, 9.17) is 18.9 Å². The lowest BCUT2D eigenvalue weighted by Crippen LogP contribution is -2.64. The van der Waals surface area contributed by atoms with Crippen molar-refractivity contribution >= 4 is 11.9 Å². The summed E-state index contributed by atoms with van der Waals surface area (Å²) in [6.07, 6.45) is -1.58. The Morgan fingerprint density at radius 3 is 2.54 bits per heavy atom. The summed E-state index contributed by atoms with van der Waals surface area (Å²) >= 11 is 0. The number of carbonyl (C=O) groups excluding carboxylic acids is 2. The minimum absolute atomic E-state index is 0.119. The summed E-state index contributed by atoms with van der Waals surface area (Å²) in [6, 6.07) is 0. The quantitative estimate of drug-likeness (QED) is 0.289. The van der Waals surface area contributed by atoms with Crippen molar-refractivity contribution in [2.75, 3.05) is 13.2 Å². The summed E-state index contributed by atoms with van der Waals surface area (Å²) in [6.45, 7) is 2.48. The van der Waals surface area contributed by atoms with Crippen molar-refractivity contribution < 1.29 is 54.1 Å². The Kier molecular flexibility index (Phi) is 6.69. The van der Waals surface area contributed by atoms with Crippen LogP contribution in [0.2, 0.25) is 0 Å². The molecule has 11 nitrogen and oxygen atoms in total. The summed E-state index contributed by atoms with van der Waals surface area (Å²) in [5.74, 6) is -0.724. The number of carbonyl (C=O) groups is 2.